The molecule has 0 aliphatic heterocycles. The van der Waals surface area contributed by atoms with Crippen molar-refractivity contribution < 1.29 is 4.21 Å². The lowest BCUT2D eigenvalue weighted by Crippen LogP contribution is -2.31. The third-order valence-electron chi connectivity index (χ3n) is 4.32. The summed E-state index contributed by atoms with van der Waals surface area (Å²) < 4.78 is 12.8. The molecule has 1 fully saturated rings. The second kappa shape index (κ2) is 7.37. The van der Waals surface area contributed by atoms with Crippen molar-refractivity contribution in [3.63, 3.8) is 0 Å². The number of hydrogen-bond acceptors (Lipinski definition) is 2. The van der Waals surface area contributed by atoms with E-state index in [1.165, 1.54) is 36.0 Å². The Balaban J connectivity index is 2.09. The van der Waals surface area contributed by atoms with Crippen LogP contribution in [0.1, 0.15) is 48.8 Å². The molecule has 0 heterocycles. The van der Waals surface area contributed by atoms with Crippen LogP contribution in [0.15, 0.2) is 18.2 Å². The second-order valence-electron chi connectivity index (χ2n) is 6.19. The summed E-state index contributed by atoms with van der Waals surface area (Å²) in [6.07, 6.45) is 5.96. The molecule has 0 aromatic heterocycles. The fraction of sp³-hybridized carbons (Fsp3) is 0.647. The molecule has 2 nitrogen and oxygen atoms in total. The fourth-order valence-corrected chi connectivity index (χ4v) is 5.21. The maximum Gasteiger partial charge on any atom is 0.0488 e. The zero-order valence-corrected chi connectivity index (χ0v) is 13.5. The number of benzene rings is 1. The molecule has 3 atom stereocenters. The molecule has 0 spiro atoms. The predicted molar refractivity (Wildman–Crippen MR) is 87.2 cm³/mol. The minimum Gasteiger partial charge on any atom is -0.330 e. The Morgan fingerprint density at radius 1 is 1.10 bits per heavy atom. The quantitative estimate of drug-likeness (QED) is 0.864. The Bertz CT molecular complexity index is 452. The molecule has 20 heavy (non-hydrogen) atoms. The summed E-state index contributed by atoms with van der Waals surface area (Å²) in [6.45, 7) is 4.89. The summed E-state index contributed by atoms with van der Waals surface area (Å²) in [7, 11) is -0.795. The molecular weight excluding hydrogens is 266 g/mol. The van der Waals surface area contributed by atoms with Gasteiger partial charge in [0.05, 0.1) is 0 Å². The highest BCUT2D eigenvalue weighted by atomic mass is 32.2. The third kappa shape index (κ3) is 4.16. The average molecular weight is 293 g/mol. The Hall–Kier alpha value is -0.670. The number of hydrogen-bond donors (Lipinski definition) is 1. The van der Waals surface area contributed by atoms with Crippen LogP contribution in [0.25, 0.3) is 0 Å². The zero-order chi connectivity index (χ0) is 14.5. The molecule has 2 rings (SSSR count). The molecule has 112 valence electrons. The molecule has 2 N–H and O–H groups in total. The van der Waals surface area contributed by atoms with Crippen LogP contribution in [0, 0.1) is 19.8 Å². The van der Waals surface area contributed by atoms with E-state index in [1.54, 1.807) is 0 Å². The summed E-state index contributed by atoms with van der Waals surface area (Å²) in [5.41, 5.74) is 9.63. The van der Waals surface area contributed by atoms with Gasteiger partial charge in [0.1, 0.15) is 0 Å². The van der Waals surface area contributed by atoms with Crippen molar-refractivity contribution in [2.24, 2.45) is 11.7 Å². The Labute approximate surface area is 125 Å². The number of aryl methyl sites for hydroxylation is 2. The first kappa shape index (κ1) is 15.7. The van der Waals surface area contributed by atoms with Gasteiger partial charge in [-0.25, -0.2) is 0 Å². The largest absolute Gasteiger partial charge is 0.330 e. The van der Waals surface area contributed by atoms with Gasteiger partial charge >= 0.3 is 0 Å². The smallest absolute Gasteiger partial charge is 0.0488 e. The van der Waals surface area contributed by atoms with Gasteiger partial charge in [0.2, 0.25) is 0 Å². The van der Waals surface area contributed by atoms with Crippen molar-refractivity contribution in [3.05, 3.63) is 34.9 Å². The van der Waals surface area contributed by atoms with Crippen molar-refractivity contribution in [2.75, 3.05) is 6.54 Å². The van der Waals surface area contributed by atoms with E-state index in [2.05, 4.69) is 32.0 Å². The summed E-state index contributed by atoms with van der Waals surface area (Å²) >= 11 is 0. The topological polar surface area (TPSA) is 43.1 Å². The van der Waals surface area contributed by atoms with Gasteiger partial charge in [-0.2, -0.15) is 0 Å². The molecule has 1 aromatic carbocycles. The molecule has 1 aliphatic rings. The van der Waals surface area contributed by atoms with Crippen molar-refractivity contribution >= 4 is 10.8 Å². The van der Waals surface area contributed by atoms with E-state index in [0.717, 1.165) is 12.8 Å². The maximum absolute atomic E-state index is 12.8. The molecule has 0 radical (unpaired) electrons. The molecule has 0 bridgehead atoms. The Kier molecular flexibility index (Phi) is 5.79. The van der Waals surface area contributed by atoms with E-state index in [0.29, 0.717) is 23.5 Å². The highest BCUT2D eigenvalue weighted by molar-refractivity contribution is 7.84. The maximum atomic E-state index is 12.8. The van der Waals surface area contributed by atoms with Crippen LogP contribution < -0.4 is 5.73 Å². The van der Waals surface area contributed by atoms with Crippen molar-refractivity contribution in [3.8, 4) is 0 Å². The average Bonchev–Trinajstić information content (AvgIpc) is 2.62. The first-order chi connectivity index (χ1) is 9.60. The molecule has 1 saturated carbocycles. The van der Waals surface area contributed by atoms with E-state index < -0.39 is 10.8 Å². The van der Waals surface area contributed by atoms with Crippen LogP contribution in [0.4, 0.5) is 0 Å². The minimum absolute atomic E-state index is 0.295. The summed E-state index contributed by atoms with van der Waals surface area (Å²) in [5, 5.41) is 0.295. The van der Waals surface area contributed by atoms with Gasteiger partial charge in [0.15, 0.2) is 0 Å². The van der Waals surface area contributed by atoms with Gasteiger partial charge in [-0.15, -0.1) is 0 Å². The van der Waals surface area contributed by atoms with Crippen molar-refractivity contribution in [2.45, 2.75) is 57.0 Å². The number of rotatable bonds is 4. The van der Waals surface area contributed by atoms with Crippen LogP contribution in [-0.4, -0.2) is 16.0 Å². The van der Waals surface area contributed by atoms with Crippen LogP contribution in [0.2, 0.25) is 0 Å². The third-order valence-corrected chi connectivity index (χ3v) is 6.23. The zero-order valence-electron chi connectivity index (χ0n) is 12.7. The lowest BCUT2D eigenvalue weighted by atomic mass is 10.0. The number of nitrogens with two attached hydrogens (primary N) is 1. The van der Waals surface area contributed by atoms with Crippen molar-refractivity contribution in [1.29, 1.82) is 0 Å². The van der Waals surface area contributed by atoms with Crippen LogP contribution in [-0.2, 0) is 16.6 Å². The molecule has 0 amide bonds. The molecule has 3 heteroatoms. The molecule has 3 unspecified atom stereocenters. The van der Waals surface area contributed by atoms with Gasteiger partial charge in [-0.05, 0) is 44.7 Å². The predicted octanol–water partition coefficient (Wildman–Crippen LogP) is 3.46. The highest BCUT2D eigenvalue weighted by Gasteiger charge is 2.27. The van der Waals surface area contributed by atoms with Crippen molar-refractivity contribution in [1.82, 2.24) is 0 Å². The fourth-order valence-electron chi connectivity index (χ4n) is 3.39. The lowest BCUT2D eigenvalue weighted by Gasteiger charge is -2.23. The summed E-state index contributed by atoms with van der Waals surface area (Å²) in [4.78, 5) is 0. The molecule has 1 aliphatic carbocycles. The Morgan fingerprint density at radius 2 is 1.75 bits per heavy atom. The minimum atomic E-state index is -0.795. The van der Waals surface area contributed by atoms with E-state index in [-0.39, 0.29) is 0 Å². The monoisotopic (exact) mass is 293 g/mol. The van der Waals surface area contributed by atoms with E-state index >= 15 is 0 Å². The Morgan fingerprint density at radius 3 is 2.40 bits per heavy atom. The van der Waals surface area contributed by atoms with Crippen LogP contribution in [0.5, 0.6) is 0 Å². The second-order valence-corrected chi connectivity index (χ2v) is 7.85. The van der Waals surface area contributed by atoms with Gasteiger partial charge in [-0.3, -0.25) is 4.21 Å². The van der Waals surface area contributed by atoms with E-state index in [4.69, 9.17) is 5.73 Å². The normalized spacial score (nSPS) is 25.1. The molecule has 0 saturated heterocycles. The highest BCUT2D eigenvalue weighted by Crippen LogP contribution is 2.28. The summed E-state index contributed by atoms with van der Waals surface area (Å²) in [6, 6.07) is 6.50. The molecule has 1 aromatic rings. The van der Waals surface area contributed by atoms with Gasteiger partial charge < -0.3 is 5.73 Å². The first-order valence-electron chi connectivity index (χ1n) is 7.74. The van der Waals surface area contributed by atoms with Crippen LogP contribution >= 0.6 is 0 Å². The van der Waals surface area contributed by atoms with Gasteiger partial charge in [-0.1, -0.05) is 48.6 Å². The summed E-state index contributed by atoms with van der Waals surface area (Å²) in [5.74, 6) is 1.13. The molecular formula is C17H27NOS. The van der Waals surface area contributed by atoms with E-state index in [1.807, 2.05) is 0 Å². The standard InChI is InChI=1S/C17H27NOS/c1-13-8-14(2)10-15(9-13)12-20(19)17-7-5-3-4-6-16(17)11-18/h8-10,16-17H,3-7,11-12,18H2,1-2H3. The van der Waals surface area contributed by atoms with Gasteiger partial charge in [0.25, 0.3) is 0 Å². The SMILES string of the molecule is Cc1cc(C)cc(CS(=O)C2CCCCCC2CN)c1. The van der Waals surface area contributed by atoms with Gasteiger partial charge in [0, 0.05) is 21.8 Å². The lowest BCUT2D eigenvalue weighted by molar-refractivity contribution is 0.473. The van der Waals surface area contributed by atoms with Crippen LogP contribution in [0.3, 0.4) is 0 Å². The first-order valence-corrected chi connectivity index (χ1v) is 9.13. The van der Waals surface area contributed by atoms with E-state index in [9.17, 15) is 4.21 Å².